The summed E-state index contributed by atoms with van der Waals surface area (Å²) in [6, 6.07) is 3.87. The lowest BCUT2D eigenvalue weighted by Crippen LogP contribution is -2.34. The molecule has 0 spiro atoms. The van der Waals surface area contributed by atoms with Gasteiger partial charge in [0.15, 0.2) is 5.75 Å². The molecule has 13 heavy (non-hydrogen) atoms. The number of carbonyl (C=O) groups excluding carboxylic acids is 1. The number of anilines is 1. The van der Waals surface area contributed by atoms with Crippen molar-refractivity contribution >= 4 is 11.7 Å². The van der Waals surface area contributed by atoms with Crippen molar-refractivity contribution in [2.45, 2.75) is 13.0 Å². The number of carbonyl (C=O) groups is 1. The van der Waals surface area contributed by atoms with Crippen LogP contribution in [-0.2, 0) is 4.79 Å². The quantitative estimate of drug-likeness (QED) is 0.487. The van der Waals surface area contributed by atoms with Crippen molar-refractivity contribution < 1.29 is 13.9 Å². The minimum atomic E-state index is -0.496. The molecule has 0 amide bonds. The molecule has 0 saturated heterocycles. The van der Waals surface area contributed by atoms with E-state index in [0.717, 1.165) is 0 Å². The molecule has 1 heterocycles. The van der Waals surface area contributed by atoms with E-state index in [2.05, 4.69) is 5.32 Å². The van der Waals surface area contributed by atoms with Gasteiger partial charge < -0.3 is 10.1 Å². The zero-order valence-corrected chi connectivity index (χ0v) is 7.00. The third-order valence-electron chi connectivity index (χ3n) is 1.90. The highest BCUT2D eigenvalue weighted by Gasteiger charge is 2.25. The molecule has 1 atom stereocenters. The summed E-state index contributed by atoms with van der Waals surface area (Å²) in [7, 11) is 0. The van der Waals surface area contributed by atoms with Gasteiger partial charge in [-0.15, -0.1) is 0 Å². The van der Waals surface area contributed by atoms with Crippen molar-refractivity contribution in [2.75, 3.05) is 5.32 Å². The second-order valence-electron chi connectivity index (χ2n) is 2.90. The Kier molecular flexibility index (Phi) is 1.69. The summed E-state index contributed by atoms with van der Waals surface area (Å²) >= 11 is 0. The average molecular weight is 181 g/mol. The molecule has 0 bridgehead atoms. The Labute approximate surface area is 74.5 Å². The Morgan fingerprint density at radius 2 is 2.31 bits per heavy atom. The molecule has 68 valence electrons. The first-order valence-corrected chi connectivity index (χ1v) is 3.95. The van der Waals surface area contributed by atoms with E-state index in [-0.39, 0.29) is 11.4 Å². The van der Waals surface area contributed by atoms with Crippen LogP contribution in [0.1, 0.15) is 6.92 Å². The zero-order valence-electron chi connectivity index (χ0n) is 7.00. The second kappa shape index (κ2) is 2.73. The highest BCUT2D eigenvalue weighted by atomic mass is 19.1. The van der Waals surface area contributed by atoms with Crippen LogP contribution in [-0.4, -0.2) is 12.0 Å². The average Bonchev–Trinajstić information content (AvgIpc) is 2.09. The van der Waals surface area contributed by atoms with E-state index < -0.39 is 17.8 Å². The number of halogens is 1. The predicted octanol–water partition coefficient (Wildman–Crippen LogP) is 1.55. The van der Waals surface area contributed by atoms with Gasteiger partial charge in [0.1, 0.15) is 17.5 Å². The molecule has 1 aromatic rings. The Balaban J connectivity index is 2.48. The molecule has 1 aliphatic rings. The maximum atomic E-state index is 13.1. The van der Waals surface area contributed by atoms with Crippen LogP contribution < -0.4 is 10.1 Å². The third-order valence-corrected chi connectivity index (χ3v) is 1.90. The van der Waals surface area contributed by atoms with Gasteiger partial charge in [-0.1, -0.05) is 6.07 Å². The van der Waals surface area contributed by atoms with Crippen LogP contribution >= 0.6 is 0 Å². The summed E-state index contributed by atoms with van der Waals surface area (Å²) in [6.07, 6.45) is 0. The van der Waals surface area contributed by atoms with Crippen LogP contribution in [0.25, 0.3) is 0 Å². The molecule has 1 unspecified atom stereocenters. The largest absolute Gasteiger partial charge is 0.423 e. The number of esters is 1. The van der Waals surface area contributed by atoms with Gasteiger partial charge in [0.05, 0.1) is 0 Å². The smallest absolute Gasteiger partial charge is 0.333 e. The number of ether oxygens (including phenoxy) is 1. The molecule has 2 rings (SSSR count). The van der Waals surface area contributed by atoms with E-state index in [1.54, 1.807) is 13.0 Å². The number of hydrogen-bond donors (Lipinski definition) is 1. The normalized spacial score (nSPS) is 20.2. The lowest BCUT2D eigenvalue weighted by molar-refractivity contribution is -0.135. The van der Waals surface area contributed by atoms with Crippen LogP contribution in [0.4, 0.5) is 10.1 Å². The topological polar surface area (TPSA) is 38.3 Å². The number of rotatable bonds is 0. The molecule has 0 aliphatic carbocycles. The van der Waals surface area contributed by atoms with Gasteiger partial charge in [0.25, 0.3) is 0 Å². The highest BCUT2D eigenvalue weighted by Crippen LogP contribution is 2.31. The summed E-state index contributed by atoms with van der Waals surface area (Å²) in [5.74, 6) is -0.543. The zero-order chi connectivity index (χ0) is 9.42. The summed E-state index contributed by atoms with van der Waals surface area (Å²) in [5, 5.41) is 2.73. The van der Waals surface area contributed by atoms with Crippen molar-refractivity contribution in [1.82, 2.24) is 0 Å². The van der Waals surface area contributed by atoms with E-state index >= 15 is 0 Å². The Morgan fingerprint density at radius 1 is 1.54 bits per heavy atom. The summed E-state index contributed by atoms with van der Waals surface area (Å²) < 4.78 is 18.0. The maximum Gasteiger partial charge on any atom is 0.333 e. The number of benzene rings is 1. The van der Waals surface area contributed by atoms with Crippen LogP contribution in [0.2, 0.25) is 0 Å². The molecule has 0 radical (unpaired) electrons. The number of para-hydroxylation sites is 1. The summed E-state index contributed by atoms with van der Waals surface area (Å²) in [5.41, 5.74) is 0.259. The molecule has 3 nitrogen and oxygen atoms in total. The molecular weight excluding hydrogens is 173 g/mol. The van der Waals surface area contributed by atoms with Crippen LogP contribution in [0, 0.1) is 5.82 Å². The van der Waals surface area contributed by atoms with Crippen molar-refractivity contribution in [2.24, 2.45) is 0 Å². The van der Waals surface area contributed by atoms with Gasteiger partial charge in [-0.3, -0.25) is 0 Å². The lowest BCUT2D eigenvalue weighted by atomic mass is 10.2. The van der Waals surface area contributed by atoms with Gasteiger partial charge in [-0.2, -0.15) is 0 Å². The highest BCUT2D eigenvalue weighted by molar-refractivity contribution is 5.86. The van der Waals surface area contributed by atoms with Crippen molar-refractivity contribution in [3.63, 3.8) is 0 Å². The predicted molar refractivity (Wildman–Crippen MR) is 45.1 cm³/mol. The van der Waals surface area contributed by atoms with Crippen LogP contribution in [0.15, 0.2) is 18.2 Å². The Hall–Kier alpha value is -1.58. The van der Waals surface area contributed by atoms with Crippen molar-refractivity contribution in [3.8, 4) is 5.75 Å². The van der Waals surface area contributed by atoms with Gasteiger partial charge in [0, 0.05) is 0 Å². The summed E-state index contributed by atoms with van der Waals surface area (Å²) in [4.78, 5) is 11.1. The second-order valence-corrected chi connectivity index (χ2v) is 2.90. The fourth-order valence-electron chi connectivity index (χ4n) is 1.20. The molecule has 0 fully saturated rings. The first-order chi connectivity index (χ1) is 6.18. The van der Waals surface area contributed by atoms with Crippen LogP contribution in [0.3, 0.4) is 0 Å². The SMILES string of the molecule is CC1Nc2c(F)cccc2OC1=O. The minimum Gasteiger partial charge on any atom is -0.423 e. The number of fused-ring (bicyclic) bond motifs is 1. The van der Waals surface area contributed by atoms with Gasteiger partial charge in [-0.25, -0.2) is 9.18 Å². The van der Waals surface area contributed by atoms with Crippen molar-refractivity contribution in [3.05, 3.63) is 24.0 Å². The van der Waals surface area contributed by atoms with Crippen LogP contribution in [0.5, 0.6) is 5.75 Å². The first-order valence-electron chi connectivity index (χ1n) is 3.95. The van der Waals surface area contributed by atoms with Crippen molar-refractivity contribution in [1.29, 1.82) is 0 Å². The van der Waals surface area contributed by atoms with E-state index in [9.17, 15) is 9.18 Å². The standard InChI is InChI=1S/C9H8FNO2/c1-5-9(12)13-7-4-2-3-6(10)8(7)11-5/h2-5,11H,1H3. The fourth-order valence-corrected chi connectivity index (χ4v) is 1.20. The minimum absolute atomic E-state index is 0.253. The fraction of sp³-hybridized carbons (Fsp3) is 0.222. The van der Waals surface area contributed by atoms with Gasteiger partial charge >= 0.3 is 5.97 Å². The maximum absolute atomic E-state index is 13.1. The molecular formula is C9H8FNO2. The lowest BCUT2D eigenvalue weighted by Gasteiger charge is -2.22. The first kappa shape index (κ1) is 8.04. The number of nitrogens with one attached hydrogen (secondary N) is 1. The van der Waals surface area contributed by atoms with E-state index in [0.29, 0.717) is 0 Å². The monoisotopic (exact) mass is 181 g/mol. The van der Waals surface area contributed by atoms with Gasteiger partial charge in [-0.05, 0) is 19.1 Å². The van der Waals surface area contributed by atoms with E-state index in [4.69, 9.17) is 4.74 Å². The summed E-state index contributed by atoms with van der Waals surface area (Å²) in [6.45, 7) is 1.62. The number of hydrogen-bond acceptors (Lipinski definition) is 3. The molecule has 0 saturated carbocycles. The Morgan fingerprint density at radius 3 is 3.08 bits per heavy atom. The van der Waals surface area contributed by atoms with E-state index in [1.807, 2.05) is 0 Å². The molecule has 0 aromatic heterocycles. The molecule has 1 aliphatic heterocycles. The third kappa shape index (κ3) is 1.24. The Bertz CT molecular complexity index is 365. The molecule has 1 N–H and O–H groups in total. The molecule has 1 aromatic carbocycles. The van der Waals surface area contributed by atoms with E-state index in [1.165, 1.54) is 12.1 Å². The molecule has 4 heteroatoms. The van der Waals surface area contributed by atoms with Gasteiger partial charge in [0.2, 0.25) is 0 Å².